The number of aromatic amines is 1. The summed E-state index contributed by atoms with van der Waals surface area (Å²) in [5, 5.41) is 18.7. The largest absolute Gasteiger partial charge is 0.506 e. The SMILES string of the molecule is OCc1cncc(O)c1-c1ccc[nH]1. The number of nitrogens with zero attached hydrogens (tertiary/aromatic N) is 1. The molecule has 0 saturated heterocycles. The van der Waals surface area contributed by atoms with Crippen LogP contribution in [0.1, 0.15) is 5.56 Å². The van der Waals surface area contributed by atoms with E-state index < -0.39 is 0 Å². The van der Waals surface area contributed by atoms with E-state index in [2.05, 4.69) is 9.97 Å². The minimum atomic E-state index is -0.143. The number of aromatic hydroxyl groups is 1. The van der Waals surface area contributed by atoms with Crippen molar-refractivity contribution in [3.63, 3.8) is 0 Å². The highest BCUT2D eigenvalue weighted by molar-refractivity contribution is 5.69. The summed E-state index contributed by atoms with van der Waals surface area (Å²) in [4.78, 5) is 6.77. The molecule has 2 aromatic heterocycles. The molecule has 0 unspecified atom stereocenters. The third kappa shape index (κ3) is 1.36. The van der Waals surface area contributed by atoms with Crippen molar-refractivity contribution in [3.8, 4) is 17.0 Å². The lowest BCUT2D eigenvalue weighted by atomic mass is 10.1. The molecule has 4 heteroatoms. The zero-order valence-corrected chi connectivity index (χ0v) is 7.44. The van der Waals surface area contributed by atoms with E-state index in [0.29, 0.717) is 11.1 Å². The number of aliphatic hydroxyl groups excluding tert-OH is 1. The number of H-pyrrole nitrogens is 1. The monoisotopic (exact) mass is 190 g/mol. The van der Waals surface area contributed by atoms with Gasteiger partial charge < -0.3 is 15.2 Å². The summed E-state index contributed by atoms with van der Waals surface area (Å²) in [6.07, 6.45) is 4.65. The molecule has 0 atom stereocenters. The van der Waals surface area contributed by atoms with E-state index >= 15 is 0 Å². The first-order valence-electron chi connectivity index (χ1n) is 4.23. The summed E-state index contributed by atoms with van der Waals surface area (Å²) in [5.41, 5.74) is 1.98. The van der Waals surface area contributed by atoms with Crippen LogP contribution < -0.4 is 0 Å². The number of rotatable bonds is 2. The third-order valence-electron chi connectivity index (χ3n) is 2.04. The molecule has 0 aliphatic rings. The lowest BCUT2D eigenvalue weighted by Gasteiger charge is -2.06. The van der Waals surface area contributed by atoms with Crippen molar-refractivity contribution in [2.75, 3.05) is 0 Å². The van der Waals surface area contributed by atoms with E-state index in [1.165, 1.54) is 12.4 Å². The molecular weight excluding hydrogens is 180 g/mol. The number of hydrogen-bond acceptors (Lipinski definition) is 3. The van der Waals surface area contributed by atoms with E-state index in [1.54, 1.807) is 6.20 Å². The minimum Gasteiger partial charge on any atom is -0.506 e. The molecule has 2 heterocycles. The Morgan fingerprint density at radius 2 is 2.21 bits per heavy atom. The second-order valence-electron chi connectivity index (χ2n) is 2.93. The summed E-state index contributed by atoms with van der Waals surface area (Å²) in [6, 6.07) is 3.66. The molecule has 0 bridgehead atoms. The zero-order valence-electron chi connectivity index (χ0n) is 7.44. The standard InChI is InChI=1S/C10H10N2O2/c13-6-7-4-11-5-9(14)10(7)8-2-1-3-12-8/h1-5,12-14H,6H2. The average molecular weight is 190 g/mol. The summed E-state index contributed by atoms with van der Waals surface area (Å²) >= 11 is 0. The van der Waals surface area contributed by atoms with Crippen LogP contribution in [0, 0.1) is 0 Å². The van der Waals surface area contributed by atoms with Crippen molar-refractivity contribution < 1.29 is 10.2 Å². The molecule has 2 aromatic rings. The van der Waals surface area contributed by atoms with Crippen LogP contribution in [0.2, 0.25) is 0 Å². The molecule has 0 saturated carbocycles. The van der Waals surface area contributed by atoms with Crippen molar-refractivity contribution in [2.24, 2.45) is 0 Å². The summed E-state index contributed by atoms with van der Waals surface area (Å²) in [5.74, 6) is 0.0685. The Labute approximate surface area is 80.9 Å². The van der Waals surface area contributed by atoms with Crippen LogP contribution in [-0.2, 0) is 6.61 Å². The molecule has 0 aliphatic carbocycles. The van der Waals surface area contributed by atoms with Gasteiger partial charge in [-0.1, -0.05) is 0 Å². The van der Waals surface area contributed by atoms with Crippen molar-refractivity contribution >= 4 is 0 Å². The molecule has 4 nitrogen and oxygen atoms in total. The number of hydrogen-bond donors (Lipinski definition) is 3. The molecule has 0 spiro atoms. The molecule has 14 heavy (non-hydrogen) atoms. The van der Waals surface area contributed by atoms with Gasteiger partial charge in [-0.25, -0.2) is 0 Å². The Kier molecular flexibility index (Phi) is 2.20. The van der Waals surface area contributed by atoms with Crippen LogP contribution in [0.5, 0.6) is 5.75 Å². The molecule has 3 N–H and O–H groups in total. The van der Waals surface area contributed by atoms with Crippen LogP contribution in [0.15, 0.2) is 30.7 Å². The van der Waals surface area contributed by atoms with Gasteiger partial charge in [0.2, 0.25) is 0 Å². The fourth-order valence-electron chi connectivity index (χ4n) is 1.41. The lowest BCUT2D eigenvalue weighted by molar-refractivity contribution is 0.281. The van der Waals surface area contributed by atoms with Crippen LogP contribution in [-0.4, -0.2) is 20.2 Å². The van der Waals surface area contributed by atoms with Crippen LogP contribution >= 0.6 is 0 Å². The summed E-state index contributed by atoms with van der Waals surface area (Å²) < 4.78 is 0. The zero-order chi connectivity index (χ0) is 9.97. The van der Waals surface area contributed by atoms with E-state index in [-0.39, 0.29) is 12.4 Å². The van der Waals surface area contributed by atoms with Crippen molar-refractivity contribution in [1.82, 2.24) is 9.97 Å². The third-order valence-corrected chi connectivity index (χ3v) is 2.04. The van der Waals surface area contributed by atoms with E-state index in [4.69, 9.17) is 5.11 Å². The Morgan fingerprint density at radius 1 is 1.36 bits per heavy atom. The van der Waals surface area contributed by atoms with Gasteiger partial charge in [-0.15, -0.1) is 0 Å². The second kappa shape index (κ2) is 3.51. The van der Waals surface area contributed by atoms with Gasteiger partial charge in [0.05, 0.1) is 12.8 Å². The van der Waals surface area contributed by atoms with E-state index in [0.717, 1.165) is 5.69 Å². The van der Waals surface area contributed by atoms with Crippen molar-refractivity contribution in [1.29, 1.82) is 0 Å². The van der Waals surface area contributed by atoms with Crippen molar-refractivity contribution in [2.45, 2.75) is 6.61 Å². The second-order valence-corrected chi connectivity index (χ2v) is 2.93. The molecule has 0 fully saturated rings. The van der Waals surface area contributed by atoms with Gasteiger partial charge >= 0.3 is 0 Å². The Morgan fingerprint density at radius 3 is 2.86 bits per heavy atom. The predicted molar refractivity (Wildman–Crippen MR) is 51.6 cm³/mol. The highest BCUT2D eigenvalue weighted by atomic mass is 16.3. The van der Waals surface area contributed by atoms with Gasteiger partial charge in [-0.3, -0.25) is 4.98 Å². The number of nitrogens with one attached hydrogen (secondary N) is 1. The average Bonchev–Trinajstić information content (AvgIpc) is 2.70. The summed E-state index contributed by atoms with van der Waals surface area (Å²) in [6.45, 7) is -0.143. The molecule has 0 aromatic carbocycles. The highest BCUT2D eigenvalue weighted by Crippen LogP contribution is 2.30. The van der Waals surface area contributed by atoms with Gasteiger partial charge in [-0.2, -0.15) is 0 Å². The molecule has 72 valence electrons. The fraction of sp³-hybridized carbons (Fsp3) is 0.100. The highest BCUT2D eigenvalue weighted by Gasteiger charge is 2.10. The smallest absolute Gasteiger partial charge is 0.143 e. The number of pyridine rings is 1. The van der Waals surface area contributed by atoms with Crippen molar-refractivity contribution in [3.05, 3.63) is 36.3 Å². The van der Waals surface area contributed by atoms with Gasteiger partial charge in [0.25, 0.3) is 0 Å². The van der Waals surface area contributed by atoms with Crippen LogP contribution in [0.25, 0.3) is 11.3 Å². The molecule has 0 aliphatic heterocycles. The Hall–Kier alpha value is -1.81. The normalized spacial score (nSPS) is 10.4. The van der Waals surface area contributed by atoms with Gasteiger partial charge in [0.15, 0.2) is 0 Å². The Balaban J connectivity index is 2.61. The van der Waals surface area contributed by atoms with Gasteiger partial charge in [-0.05, 0) is 12.1 Å². The Bertz CT molecular complexity index is 424. The van der Waals surface area contributed by atoms with Gasteiger partial charge in [0.1, 0.15) is 5.75 Å². The topological polar surface area (TPSA) is 69.1 Å². The van der Waals surface area contributed by atoms with E-state index in [9.17, 15) is 5.11 Å². The molecular formula is C10H10N2O2. The quantitative estimate of drug-likeness (QED) is 0.668. The first-order valence-corrected chi connectivity index (χ1v) is 4.23. The predicted octanol–water partition coefficient (Wildman–Crippen LogP) is 1.27. The number of aliphatic hydroxyl groups is 1. The maximum absolute atomic E-state index is 9.60. The van der Waals surface area contributed by atoms with Gasteiger partial charge in [0, 0.05) is 29.2 Å². The van der Waals surface area contributed by atoms with E-state index in [1.807, 2.05) is 12.1 Å². The minimum absolute atomic E-state index is 0.0685. The molecule has 0 radical (unpaired) electrons. The molecule has 0 amide bonds. The first kappa shape index (κ1) is 8.77. The van der Waals surface area contributed by atoms with Crippen LogP contribution in [0.3, 0.4) is 0 Å². The molecule has 2 rings (SSSR count). The lowest BCUT2D eigenvalue weighted by Crippen LogP contribution is -1.91. The maximum Gasteiger partial charge on any atom is 0.143 e. The summed E-state index contributed by atoms with van der Waals surface area (Å²) in [7, 11) is 0. The first-order chi connectivity index (χ1) is 6.83. The van der Waals surface area contributed by atoms with Crippen LogP contribution in [0.4, 0.5) is 0 Å². The number of aromatic nitrogens is 2. The fourth-order valence-corrected chi connectivity index (χ4v) is 1.41. The maximum atomic E-state index is 9.60.